The van der Waals surface area contributed by atoms with Crippen LogP contribution in [0.1, 0.15) is 0 Å². The highest BCUT2D eigenvalue weighted by atomic mass is 35.5. The summed E-state index contributed by atoms with van der Waals surface area (Å²) in [5.74, 6) is 0. The Morgan fingerprint density at radius 2 is 2.07 bits per heavy atom. The van der Waals surface area contributed by atoms with Gasteiger partial charge in [0.25, 0.3) is 0 Å². The van der Waals surface area contributed by atoms with Crippen molar-refractivity contribution in [3.05, 3.63) is 24.3 Å². The molecular weight excluding hydrogens is 258 g/mol. The average molecular weight is 264 g/mol. The standard InChI is InChI=1S/C9H5Cl3N2O/c10-7-8(11)14(9(12)15)6-4-2-1-3-5(6)13-7/h1-4,8H. The van der Waals surface area contributed by atoms with Gasteiger partial charge in [0.15, 0.2) is 5.50 Å². The number of carbonyl (C=O) groups excluding carboxylic acids is 1. The van der Waals surface area contributed by atoms with Gasteiger partial charge in [-0.3, -0.25) is 9.69 Å². The minimum atomic E-state index is -0.841. The quantitative estimate of drug-likeness (QED) is 0.399. The van der Waals surface area contributed by atoms with Crippen molar-refractivity contribution in [3.8, 4) is 0 Å². The summed E-state index contributed by atoms with van der Waals surface area (Å²) < 4.78 is 0. The van der Waals surface area contributed by atoms with Crippen molar-refractivity contribution in [3.63, 3.8) is 0 Å². The molecule has 1 amide bonds. The number of hydrogen-bond donors (Lipinski definition) is 0. The van der Waals surface area contributed by atoms with Gasteiger partial charge in [0.2, 0.25) is 0 Å². The summed E-state index contributed by atoms with van der Waals surface area (Å²) in [6.07, 6.45) is 0. The number of amides is 1. The zero-order valence-electron chi connectivity index (χ0n) is 7.32. The summed E-state index contributed by atoms with van der Waals surface area (Å²) in [6.45, 7) is 0. The van der Waals surface area contributed by atoms with Crippen molar-refractivity contribution < 1.29 is 4.79 Å². The third-order valence-electron chi connectivity index (χ3n) is 1.98. The fourth-order valence-electron chi connectivity index (χ4n) is 1.34. The number of nitrogens with zero attached hydrogens (tertiary/aromatic N) is 2. The van der Waals surface area contributed by atoms with Crippen LogP contribution in [0.5, 0.6) is 0 Å². The van der Waals surface area contributed by atoms with E-state index >= 15 is 0 Å². The van der Waals surface area contributed by atoms with Crippen molar-refractivity contribution in [1.29, 1.82) is 0 Å². The van der Waals surface area contributed by atoms with Gasteiger partial charge in [-0.25, -0.2) is 4.99 Å². The molecule has 6 heteroatoms. The van der Waals surface area contributed by atoms with Crippen LogP contribution in [0.15, 0.2) is 29.3 Å². The van der Waals surface area contributed by atoms with Crippen LogP contribution in [0.2, 0.25) is 0 Å². The van der Waals surface area contributed by atoms with Gasteiger partial charge >= 0.3 is 5.37 Å². The predicted octanol–water partition coefficient (Wildman–Crippen LogP) is 3.70. The molecule has 0 radical (unpaired) electrons. The highest BCUT2D eigenvalue weighted by Gasteiger charge is 2.31. The van der Waals surface area contributed by atoms with Gasteiger partial charge in [0.1, 0.15) is 5.17 Å². The van der Waals surface area contributed by atoms with Crippen LogP contribution < -0.4 is 4.90 Å². The van der Waals surface area contributed by atoms with Crippen molar-refractivity contribution in [2.75, 3.05) is 4.90 Å². The molecule has 3 nitrogen and oxygen atoms in total. The smallest absolute Gasteiger partial charge is 0.273 e. The third-order valence-corrected chi connectivity index (χ3v) is 2.97. The topological polar surface area (TPSA) is 32.7 Å². The number of hydrogen-bond acceptors (Lipinski definition) is 2. The molecule has 0 bridgehead atoms. The van der Waals surface area contributed by atoms with E-state index in [1.807, 2.05) is 0 Å². The number of alkyl halides is 1. The van der Waals surface area contributed by atoms with Crippen molar-refractivity contribution in [2.24, 2.45) is 4.99 Å². The van der Waals surface area contributed by atoms with Crippen LogP contribution in [0.3, 0.4) is 0 Å². The van der Waals surface area contributed by atoms with Gasteiger partial charge < -0.3 is 0 Å². The molecule has 0 aliphatic carbocycles. The van der Waals surface area contributed by atoms with E-state index < -0.39 is 10.9 Å². The maximum atomic E-state index is 11.2. The lowest BCUT2D eigenvalue weighted by Crippen LogP contribution is -2.39. The second kappa shape index (κ2) is 4.00. The van der Waals surface area contributed by atoms with E-state index in [1.54, 1.807) is 24.3 Å². The van der Waals surface area contributed by atoms with E-state index in [1.165, 1.54) is 4.90 Å². The van der Waals surface area contributed by atoms with Gasteiger partial charge in [0, 0.05) is 0 Å². The molecule has 1 atom stereocenters. The molecule has 1 aliphatic heterocycles. The molecule has 0 spiro atoms. The van der Waals surface area contributed by atoms with E-state index in [0.29, 0.717) is 11.4 Å². The zero-order valence-corrected chi connectivity index (χ0v) is 9.59. The molecule has 1 aliphatic rings. The minimum Gasteiger partial charge on any atom is -0.273 e. The van der Waals surface area contributed by atoms with Crippen molar-refractivity contribution >= 4 is 56.7 Å². The first-order valence-corrected chi connectivity index (χ1v) is 5.26. The maximum absolute atomic E-state index is 11.2. The molecule has 15 heavy (non-hydrogen) atoms. The molecule has 0 N–H and O–H groups in total. The first kappa shape index (κ1) is 10.7. The Hall–Kier alpha value is -0.770. The lowest BCUT2D eigenvalue weighted by atomic mass is 10.2. The van der Waals surface area contributed by atoms with Gasteiger partial charge in [0.05, 0.1) is 11.4 Å². The number of carbonyl (C=O) groups is 1. The second-order valence-electron chi connectivity index (χ2n) is 2.88. The first-order valence-electron chi connectivity index (χ1n) is 4.07. The summed E-state index contributed by atoms with van der Waals surface area (Å²) >= 11 is 17.1. The molecule has 1 aromatic rings. The molecule has 2 rings (SSSR count). The number of aliphatic imine (C=N–C) groups is 1. The van der Waals surface area contributed by atoms with Crippen LogP contribution in [-0.2, 0) is 0 Å². The summed E-state index contributed by atoms with van der Waals surface area (Å²) in [4.78, 5) is 16.5. The Balaban J connectivity index is 2.59. The van der Waals surface area contributed by atoms with Gasteiger partial charge in [-0.15, -0.1) is 0 Å². The SMILES string of the molecule is O=C(Cl)N1c2ccccc2N=C(Cl)C1Cl. The van der Waals surface area contributed by atoms with Crippen LogP contribution >= 0.6 is 34.8 Å². The lowest BCUT2D eigenvalue weighted by molar-refractivity contribution is 0.264. The largest absolute Gasteiger partial charge is 0.322 e. The third kappa shape index (κ3) is 1.83. The summed E-state index contributed by atoms with van der Waals surface area (Å²) in [7, 11) is 0. The fourth-order valence-corrected chi connectivity index (χ4v) is 2.01. The Kier molecular flexibility index (Phi) is 2.87. The number of anilines is 1. The molecule has 1 heterocycles. The molecule has 1 unspecified atom stereocenters. The highest BCUT2D eigenvalue weighted by molar-refractivity contribution is 6.74. The molecule has 0 fully saturated rings. The molecule has 78 valence electrons. The maximum Gasteiger partial charge on any atom is 0.322 e. The van der Waals surface area contributed by atoms with Gasteiger partial charge in [-0.1, -0.05) is 35.3 Å². The van der Waals surface area contributed by atoms with Crippen LogP contribution in [-0.4, -0.2) is 16.0 Å². The summed E-state index contributed by atoms with van der Waals surface area (Å²) in [5, 5.41) is -0.556. The Labute approximate surface area is 101 Å². The van der Waals surface area contributed by atoms with Gasteiger partial charge in [-0.2, -0.15) is 0 Å². The van der Waals surface area contributed by atoms with E-state index in [0.717, 1.165) is 0 Å². The molecular formula is C9H5Cl3N2O. The normalized spacial score (nSPS) is 19.5. The van der Waals surface area contributed by atoms with Crippen molar-refractivity contribution in [2.45, 2.75) is 5.50 Å². The number of rotatable bonds is 0. The molecule has 1 aromatic carbocycles. The minimum absolute atomic E-state index is 0.129. The number of halogens is 3. The number of benzene rings is 1. The second-order valence-corrected chi connectivity index (χ2v) is 4.01. The van der Waals surface area contributed by atoms with Gasteiger partial charge in [-0.05, 0) is 23.7 Å². The van der Waals surface area contributed by atoms with Crippen LogP contribution in [0.4, 0.5) is 16.2 Å². The lowest BCUT2D eigenvalue weighted by Gasteiger charge is -2.28. The Morgan fingerprint density at radius 3 is 2.73 bits per heavy atom. The van der Waals surface area contributed by atoms with Crippen LogP contribution in [0.25, 0.3) is 0 Å². The van der Waals surface area contributed by atoms with E-state index in [2.05, 4.69) is 4.99 Å². The van der Waals surface area contributed by atoms with Crippen molar-refractivity contribution in [1.82, 2.24) is 0 Å². The van der Waals surface area contributed by atoms with E-state index in [-0.39, 0.29) is 5.17 Å². The first-order chi connectivity index (χ1) is 7.11. The summed E-state index contributed by atoms with van der Waals surface area (Å²) in [5.41, 5.74) is 0.293. The number of fused-ring (bicyclic) bond motifs is 1. The zero-order chi connectivity index (χ0) is 11.0. The Morgan fingerprint density at radius 1 is 1.40 bits per heavy atom. The Bertz CT molecular complexity index is 447. The van der Waals surface area contributed by atoms with E-state index in [4.69, 9.17) is 34.8 Å². The van der Waals surface area contributed by atoms with Crippen LogP contribution in [0, 0.1) is 0 Å². The fraction of sp³-hybridized carbons (Fsp3) is 0.111. The highest BCUT2D eigenvalue weighted by Crippen LogP contribution is 2.37. The monoisotopic (exact) mass is 262 g/mol. The average Bonchev–Trinajstić information content (AvgIpc) is 2.19. The molecule has 0 saturated heterocycles. The molecule has 0 saturated carbocycles. The predicted molar refractivity (Wildman–Crippen MR) is 62.8 cm³/mol. The molecule has 0 aromatic heterocycles. The summed E-state index contributed by atoms with van der Waals surface area (Å²) in [6, 6.07) is 6.99. The number of para-hydroxylation sites is 2. The van der Waals surface area contributed by atoms with E-state index in [9.17, 15) is 4.79 Å².